The first-order valence-electron chi connectivity index (χ1n) is 5.22. The van der Waals surface area contributed by atoms with Crippen molar-refractivity contribution < 1.29 is 14.7 Å². The average molecular weight is 216 g/mol. The number of nitrogens with one attached hydrogen (secondary N) is 1. The number of hydrogen-bond donors (Lipinski definition) is 1. The minimum atomic E-state index is -0.740. The summed E-state index contributed by atoms with van der Waals surface area (Å²) in [6.07, 6.45) is 2.96. The first-order chi connectivity index (χ1) is 7.11. The zero-order valence-corrected chi connectivity index (χ0v) is 8.77. The second kappa shape index (κ2) is 5.53. The molecule has 1 aliphatic carbocycles. The SMILES string of the molecule is CCC(=O)NC1CCC(O[N+](=O)[O-])CC1. The van der Waals surface area contributed by atoms with Crippen molar-refractivity contribution in [3.63, 3.8) is 0 Å². The molecular formula is C9H16N2O4. The molecule has 0 atom stereocenters. The van der Waals surface area contributed by atoms with Crippen LogP contribution in [0.5, 0.6) is 0 Å². The highest BCUT2D eigenvalue weighted by atomic mass is 17.0. The van der Waals surface area contributed by atoms with Crippen LogP contribution in [-0.2, 0) is 9.63 Å². The van der Waals surface area contributed by atoms with E-state index in [-0.39, 0.29) is 18.1 Å². The van der Waals surface area contributed by atoms with Crippen molar-refractivity contribution in [1.82, 2.24) is 5.32 Å². The summed E-state index contributed by atoms with van der Waals surface area (Å²) in [7, 11) is 0. The van der Waals surface area contributed by atoms with E-state index in [0.717, 1.165) is 12.8 Å². The molecule has 0 saturated heterocycles. The minimum Gasteiger partial charge on any atom is -0.353 e. The van der Waals surface area contributed by atoms with Gasteiger partial charge >= 0.3 is 0 Å². The molecule has 0 spiro atoms. The van der Waals surface area contributed by atoms with Gasteiger partial charge in [-0.2, -0.15) is 0 Å². The highest BCUT2D eigenvalue weighted by molar-refractivity contribution is 5.75. The lowest BCUT2D eigenvalue weighted by molar-refractivity contribution is -0.769. The third-order valence-electron chi connectivity index (χ3n) is 2.60. The normalized spacial score (nSPS) is 25.7. The predicted molar refractivity (Wildman–Crippen MR) is 52.6 cm³/mol. The molecule has 15 heavy (non-hydrogen) atoms. The molecule has 0 heterocycles. The summed E-state index contributed by atoms with van der Waals surface area (Å²) in [6, 6.07) is 0.157. The summed E-state index contributed by atoms with van der Waals surface area (Å²) in [5.74, 6) is 0.0358. The summed E-state index contributed by atoms with van der Waals surface area (Å²) in [6.45, 7) is 1.80. The third-order valence-corrected chi connectivity index (χ3v) is 2.60. The van der Waals surface area contributed by atoms with Gasteiger partial charge in [-0.3, -0.25) is 4.79 Å². The first-order valence-corrected chi connectivity index (χ1v) is 5.22. The number of hydrogen-bond acceptors (Lipinski definition) is 4. The maximum absolute atomic E-state index is 11.1. The number of carbonyl (C=O) groups is 1. The van der Waals surface area contributed by atoms with Crippen molar-refractivity contribution in [2.45, 2.75) is 51.2 Å². The quantitative estimate of drug-likeness (QED) is 0.562. The van der Waals surface area contributed by atoms with Gasteiger partial charge in [-0.05, 0) is 25.7 Å². The molecule has 1 amide bonds. The van der Waals surface area contributed by atoms with Crippen molar-refractivity contribution >= 4 is 5.91 Å². The molecule has 1 N–H and O–H groups in total. The Bertz CT molecular complexity index is 236. The van der Waals surface area contributed by atoms with Crippen LogP contribution in [0.25, 0.3) is 0 Å². The number of amides is 1. The minimum absolute atomic E-state index is 0.0358. The lowest BCUT2D eigenvalue weighted by atomic mass is 9.93. The Morgan fingerprint density at radius 1 is 1.47 bits per heavy atom. The van der Waals surface area contributed by atoms with Gasteiger partial charge in [-0.1, -0.05) is 6.92 Å². The van der Waals surface area contributed by atoms with Crippen LogP contribution in [0.3, 0.4) is 0 Å². The Hall–Kier alpha value is -1.33. The van der Waals surface area contributed by atoms with E-state index in [0.29, 0.717) is 19.3 Å². The molecular weight excluding hydrogens is 200 g/mol. The van der Waals surface area contributed by atoms with Gasteiger partial charge in [0.2, 0.25) is 5.91 Å². The van der Waals surface area contributed by atoms with Crippen LogP contribution in [0.1, 0.15) is 39.0 Å². The monoisotopic (exact) mass is 216 g/mol. The fourth-order valence-corrected chi connectivity index (χ4v) is 1.76. The topological polar surface area (TPSA) is 81.5 Å². The average Bonchev–Trinajstić information content (AvgIpc) is 2.20. The summed E-state index contributed by atoms with van der Waals surface area (Å²) in [5.41, 5.74) is 0. The molecule has 0 radical (unpaired) electrons. The predicted octanol–water partition coefficient (Wildman–Crippen LogP) is 1.03. The molecule has 0 aromatic heterocycles. The van der Waals surface area contributed by atoms with Gasteiger partial charge in [0.1, 0.15) is 6.10 Å². The second-order valence-corrected chi connectivity index (χ2v) is 3.72. The Balaban J connectivity index is 2.23. The molecule has 1 aliphatic rings. The van der Waals surface area contributed by atoms with Gasteiger partial charge in [-0.25, -0.2) is 0 Å². The van der Waals surface area contributed by atoms with Crippen molar-refractivity contribution in [2.24, 2.45) is 0 Å². The van der Waals surface area contributed by atoms with Crippen LogP contribution in [0.4, 0.5) is 0 Å². The Kier molecular flexibility index (Phi) is 4.33. The van der Waals surface area contributed by atoms with E-state index in [1.54, 1.807) is 6.92 Å². The molecule has 0 aromatic carbocycles. The third kappa shape index (κ3) is 4.14. The molecule has 0 aliphatic heterocycles. The van der Waals surface area contributed by atoms with E-state index in [2.05, 4.69) is 10.2 Å². The maximum Gasteiger partial charge on any atom is 0.294 e. The van der Waals surface area contributed by atoms with E-state index < -0.39 is 5.09 Å². The van der Waals surface area contributed by atoms with Gasteiger partial charge in [-0.15, -0.1) is 10.1 Å². The largest absolute Gasteiger partial charge is 0.353 e. The summed E-state index contributed by atoms with van der Waals surface area (Å²) in [4.78, 5) is 25.7. The zero-order chi connectivity index (χ0) is 11.3. The molecule has 6 heteroatoms. The zero-order valence-electron chi connectivity index (χ0n) is 8.77. The van der Waals surface area contributed by atoms with Gasteiger partial charge in [0.15, 0.2) is 0 Å². The number of carbonyl (C=O) groups excluding carboxylic acids is 1. The summed E-state index contributed by atoms with van der Waals surface area (Å²) < 4.78 is 0. The van der Waals surface area contributed by atoms with Crippen LogP contribution in [0.2, 0.25) is 0 Å². The Morgan fingerprint density at radius 3 is 2.53 bits per heavy atom. The van der Waals surface area contributed by atoms with Crippen molar-refractivity contribution in [2.75, 3.05) is 0 Å². The molecule has 1 saturated carbocycles. The lowest BCUT2D eigenvalue weighted by Crippen LogP contribution is -2.39. The van der Waals surface area contributed by atoms with Crippen LogP contribution < -0.4 is 5.32 Å². The smallest absolute Gasteiger partial charge is 0.294 e. The Labute approximate surface area is 88.1 Å². The van der Waals surface area contributed by atoms with Gasteiger partial charge in [0.05, 0.1) is 0 Å². The molecule has 6 nitrogen and oxygen atoms in total. The number of rotatable bonds is 4. The molecule has 86 valence electrons. The number of nitrogens with zero attached hydrogens (tertiary/aromatic N) is 1. The van der Waals surface area contributed by atoms with Crippen LogP contribution >= 0.6 is 0 Å². The van der Waals surface area contributed by atoms with Crippen molar-refractivity contribution in [3.05, 3.63) is 10.1 Å². The maximum atomic E-state index is 11.1. The highest BCUT2D eigenvalue weighted by Crippen LogP contribution is 2.21. The Morgan fingerprint density at radius 2 is 2.07 bits per heavy atom. The van der Waals surface area contributed by atoms with E-state index in [1.165, 1.54) is 0 Å². The second-order valence-electron chi connectivity index (χ2n) is 3.72. The fourth-order valence-electron chi connectivity index (χ4n) is 1.76. The molecule has 0 aromatic rings. The molecule has 1 fully saturated rings. The van der Waals surface area contributed by atoms with Crippen LogP contribution in [0.15, 0.2) is 0 Å². The first kappa shape index (κ1) is 11.7. The molecule has 1 rings (SSSR count). The van der Waals surface area contributed by atoms with Crippen molar-refractivity contribution in [3.8, 4) is 0 Å². The summed E-state index contributed by atoms with van der Waals surface area (Å²) >= 11 is 0. The standard InChI is InChI=1S/C9H16N2O4/c1-2-9(12)10-7-3-5-8(6-4-7)15-11(13)14/h7-8H,2-6H2,1H3,(H,10,12). The fraction of sp³-hybridized carbons (Fsp3) is 0.889. The van der Waals surface area contributed by atoms with E-state index in [1.807, 2.05) is 0 Å². The lowest BCUT2D eigenvalue weighted by Gasteiger charge is -2.27. The van der Waals surface area contributed by atoms with E-state index in [9.17, 15) is 14.9 Å². The van der Waals surface area contributed by atoms with Gasteiger partial charge in [0, 0.05) is 12.5 Å². The van der Waals surface area contributed by atoms with E-state index >= 15 is 0 Å². The van der Waals surface area contributed by atoms with Crippen molar-refractivity contribution in [1.29, 1.82) is 0 Å². The summed E-state index contributed by atoms with van der Waals surface area (Å²) in [5, 5.41) is 12.2. The van der Waals surface area contributed by atoms with Crippen LogP contribution in [-0.4, -0.2) is 23.1 Å². The highest BCUT2D eigenvalue weighted by Gasteiger charge is 2.24. The van der Waals surface area contributed by atoms with Crippen LogP contribution in [0, 0.1) is 10.1 Å². The van der Waals surface area contributed by atoms with Gasteiger partial charge in [0.25, 0.3) is 5.09 Å². The van der Waals surface area contributed by atoms with Gasteiger partial charge < -0.3 is 10.2 Å². The molecule has 0 unspecified atom stereocenters. The molecule has 0 bridgehead atoms. The van der Waals surface area contributed by atoms with E-state index in [4.69, 9.17) is 0 Å².